The molecule has 0 aliphatic carbocycles. The van der Waals surface area contributed by atoms with E-state index in [1.54, 1.807) is 24.1 Å². The van der Waals surface area contributed by atoms with E-state index in [9.17, 15) is 4.79 Å². The molecule has 0 radical (unpaired) electrons. The molecule has 1 aliphatic rings. The van der Waals surface area contributed by atoms with Gasteiger partial charge in [0.15, 0.2) is 5.16 Å². The van der Waals surface area contributed by atoms with Gasteiger partial charge in [0.2, 0.25) is 0 Å². The minimum atomic E-state index is -0.133. The number of amides is 1. The van der Waals surface area contributed by atoms with E-state index >= 15 is 0 Å². The number of hydrogen-bond acceptors (Lipinski definition) is 6. The molecule has 0 spiro atoms. The van der Waals surface area contributed by atoms with Crippen molar-refractivity contribution < 1.29 is 9.21 Å². The minimum absolute atomic E-state index is 0.133. The van der Waals surface area contributed by atoms with E-state index in [1.807, 2.05) is 36.4 Å². The van der Waals surface area contributed by atoms with Crippen LogP contribution in [-0.2, 0) is 18.7 Å². The molecule has 5 rings (SSSR count). The zero-order valence-electron chi connectivity index (χ0n) is 20.5. The van der Waals surface area contributed by atoms with Gasteiger partial charge in [-0.25, -0.2) is 9.97 Å². The fourth-order valence-electron chi connectivity index (χ4n) is 4.51. The molecule has 1 aliphatic heterocycles. The summed E-state index contributed by atoms with van der Waals surface area (Å²) in [7, 11) is 0. The van der Waals surface area contributed by atoms with Crippen LogP contribution in [0.2, 0.25) is 5.15 Å². The minimum Gasteiger partial charge on any atom is -0.467 e. The Bertz CT molecular complexity index is 1290. The molecule has 1 amide bonds. The van der Waals surface area contributed by atoms with Gasteiger partial charge in [-0.05, 0) is 60.6 Å². The van der Waals surface area contributed by atoms with Crippen molar-refractivity contribution in [3.05, 3.63) is 107 Å². The van der Waals surface area contributed by atoms with Crippen LogP contribution in [0.1, 0.15) is 40.1 Å². The van der Waals surface area contributed by atoms with Crippen LogP contribution < -0.4 is 10.2 Å². The lowest BCUT2D eigenvalue weighted by Crippen LogP contribution is -2.35. The number of piperidine rings is 1. The maximum Gasteiger partial charge on any atom is 0.251 e. The topological polar surface area (TPSA) is 71.3 Å². The van der Waals surface area contributed by atoms with Gasteiger partial charge in [-0.1, -0.05) is 65.8 Å². The largest absolute Gasteiger partial charge is 0.467 e. The van der Waals surface area contributed by atoms with Crippen LogP contribution >= 0.6 is 23.4 Å². The maximum atomic E-state index is 12.4. The Labute approximate surface area is 226 Å². The van der Waals surface area contributed by atoms with E-state index in [0.717, 1.165) is 49.5 Å². The lowest BCUT2D eigenvalue weighted by molar-refractivity contribution is 0.0948. The Balaban J connectivity index is 1.13. The van der Waals surface area contributed by atoms with Crippen LogP contribution in [0.15, 0.2) is 88.6 Å². The van der Waals surface area contributed by atoms with Crippen molar-refractivity contribution in [2.45, 2.75) is 36.7 Å². The summed E-state index contributed by atoms with van der Waals surface area (Å²) in [6.07, 6.45) is 5.00. The molecule has 1 N–H and O–H groups in total. The number of hydrogen-bond donors (Lipinski definition) is 1. The van der Waals surface area contributed by atoms with Crippen molar-refractivity contribution in [1.82, 2.24) is 15.3 Å². The van der Waals surface area contributed by atoms with Gasteiger partial charge in [0.05, 0.1) is 12.8 Å². The summed E-state index contributed by atoms with van der Waals surface area (Å²) in [6.45, 7) is 2.30. The molecule has 0 unspecified atom stereocenters. The summed E-state index contributed by atoms with van der Waals surface area (Å²) in [4.78, 5) is 23.9. The molecule has 37 heavy (non-hydrogen) atoms. The van der Waals surface area contributed by atoms with Crippen molar-refractivity contribution in [3.63, 3.8) is 0 Å². The first kappa shape index (κ1) is 25.4. The Morgan fingerprint density at radius 1 is 1.00 bits per heavy atom. The first-order valence-corrected chi connectivity index (χ1v) is 13.8. The molecule has 3 heterocycles. The molecule has 0 bridgehead atoms. The second-order valence-electron chi connectivity index (χ2n) is 9.20. The van der Waals surface area contributed by atoms with Crippen LogP contribution in [0.4, 0.5) is 5.82 Å². The number of nitrogens with zero attached hydrogens (tertiary/aromatic N) is 3. The highest BCUT2D eigenvalue weighted by Gasteiger charge is 2.21. The third-order valence-corrected chi connectivity index (χ3v) is 7.67. The molecular formula is C29H29ClN4O2S. The molecule has 1 fully saturated rings. The van der Waals surface area contributed by atoms with E-state index < -0.39 is 0 Å². The highest BCUT2D eigenvalue weighted by Crippen LogP contribution is 2.28. The normalized spacial score (nSPS) is 14.0. The molecular weight excluding hydrogens is 504 g/mol. The SMILES string of the molecule is O=C(NCc1ccco1)c1ccc(CSc2nc(Cl)cc(N3CCC(Cc4ccccc4)CC3)n2)cc1. The third-order valence-electron chi connectivity index (χ3n) is 6.55. The highest BCUT2D eigenvalue weighted by atomic mass is 35.5. The van der Waals surface area contributed by atoms with Crippen molar-refractivity contribution in [1.29, 1.82) is 0 Å². The van der Waals surface area contributed by atoms with Crippen LogP contribution in [0.5, 0.6) is 0 Å². The van der Waals surface area contributed by atoms with Gasteiger partial charge in [0.1, 0.15) is 16.7 Å². The van der Waals surface area contributed by atoms with E-state index in [4.69, 9.17) is 21.0 Å². The number of carbonyl (C=O) groups is 1. The van der Waals surface area contributed by atoms with Crippen molar-refractivity contribution in [2.24, 2.45) is 5.92 Å². The Kier molecular flexibility index (Phi) is 8.43. The number of benzene rings is 2. The predicted molar refractivity (Wildman–Crippen MR) is 148 cm³/mol. The average Bonchev–Trinajstić information content (AvgIpc) is 3.45. The monoisotopic (exact) mass is 532 g/mol. The summed E-state index contributed by atoms with van der Waals surface area (Å²) in [5.74, 6) is 2.86. The second kappa shape index (κ2) is 12.3. The molecule has 0 atom stereocenters. The second-order valence-corrected chi connectivity index (χ2v) is 10.5. The zero-order valence-corrected chi connectivity index (χ0v) is 22.0. The highest BCUT2D eigenvalue weighted by molar-refractivity contribution is 7.98. The Hall–Kier alpha value is -3.29. The lowest BCUT2D eigenvalue weighted by Gasteiger charge is -2.33. The van der Waals surface area contributed by atoms with Crippen LogP contribution in [0.3, 0.4) is 0 Å². The van der Waals surface area contributed by atoms with E-state index in [2.05, 4.69) is 45.5 Å². The van der Waals surface area contributed by atoms with Crippen LogP contribution in [0.25, 0.3) is 0 Å². The van der Waals surface area contributed by atoms with Crippen molar-refractivity contribution in [3.8, 4) is 0 Å². The summed E-state index contributed by atoms with van der Waals surface area (Å²) in [5, 5.41) is 3.98. The maximum absolute atomic E-state index is 12.4. The van der Waals surface area contributed by atoms with E-state index in [1.165, 1.54) is 5.56 Å². The molecule has 2 aromatic carbocycles. The lowest BCUT2D eigenvalue weighted by atomic mass is 9.90. The first-order chi connectivity index (χ1) is 18.1. The Morgan fingerprint density at radius 3 is 2.51 bits per heavy atom. The van der Waals surface area contributed by atoms with Crippen LogP contribution in [-0.4, -0.2) is 29.0 Å². The van der Waals surface area contributed by atoms with Crippen LogP contribution in [0, 0.1) is 5.92 Å². The van der Waals surface area contributed by atoms with Gasteiger partial charge in [-0.2, -0.15) is 0 Å². The molecule has 1 saturated heterocycles. The predicted octanol–water partition coefficient (Wildman–Crippen LogP) is 6.40. The molecule has 4 aromatic rings. The Morgan fingerprint density at radius 2 is 1.78 bits per heavy atom. The van der Waals surface area contributed by atoms with E-state index in [0.29, 0.717) is 34.1 Å². The van der Waals surface area contributed by atoms with Gasteiger partial charge < -0.3 is 14.6 Å². The van der Waals surface area contributed by atoms with Gasteiger partial charge in [-0.3, -0.25) is 4.79 Å². The first-order valence-electron chi connectivity index (χ1n) is 12.5. The number of thioether (sulfide) groups is 1. The van der Waals surface area contributed by atoms with Gasteiger partial charge in [0, 0.05) is 30.5 Å². The van der Waals surface area contributed by atoms with Crippen molar-refractivity contribution >= 4 is 35.1 Å². The summed E-state index contributed by atoms with van der Waals surface area (Å²) in [5.41, 5.74) is 3.10. The number of halogens is 1. The average molecular weight is 533 g/mol. The standard InChI is InChI=1S/C29H29ClN4O2S/c30-26-18-27(34-14-12-22(13-15-34)17-21-5-2-1-3-6-21)33-29(32-26)37-20-23-8-10-24(11-9-23)28(35)31-19-25-7-4-16-36-25/h1-11,16,18,22H,12-15,17,19-20H2,(H,31,35). The number of aromatic nitrogens is 2. The van der Waals surface area contributed by atoms with Gasteiger partial charge in [0.25, 0.3) is 5.91 Å². The molecule has 6 nitrogen and oxygen atoms in total. The summed E-state index contributed by atoms with van der Waals surface area (Å²) in [6, 6.07) is 23.8. The number of rotatable bonds is 9. The molecule has 190 valence electrons. The van der Waals surface area contributed by atoms with Gasteiger partial charge in [-0.15, -0.1) is 0 Å². The molecule has 2 aromatic heterocycles. The zero-order chi connectivity index (χ0) is 25.5. The quantitative estimate of drug-likeness (QED) is 0.153. The number of nitrogens with one attached hydrogen (secondary N) is 1. The number of carbonyl (C=O) groups excluding carboxylic acids is 1. The smallest absolute Gasteiger partial charge is 0.251 e. The van der Waals surface area contributed by atoms with E-state index in [-0.39, 0.29) is 5.91 Å². The van der Waals surface area contributed by atoms with Crippen molar-refractivity contribution in [2.75, 3.05) is 18.0 Å². The molecule has 0 saturated carbocycles. The van der Waals surface area contributed by atoms with Gasteiger partial charge >= 0.3 is 0 Å². The molecule has 8 heteroatoms. The fraction of sp³-hybridized carbons (Fsp3) is 0.276. The fourth-order valence-corrected chi connectivity index (χ4v) is 5.55. The third kappa shape index (κ3) is 7.14. The number of furan rings is 1. The number of anilines is 1. The summed E-state index contributed by atoms with van der Waals surface area (Å²) < 4.78 is 5.25. The summed E-state index contributed by atoms with van der Waals surface area (Å²) >= 11 is 7.91.